The normalized spacial score (nSPS) is 7.67. The van der Waals surface area contributed by atoms with Crippen molar-refractivity contribution in [1.82, 2.24) is 0 Å². The van der Waals surface area contributed by atoms with E-state index in [1.54, 1.807) is 12.1 Å². The molecule has 0 fully saturated rings. The van der Waals surface area contributed by atoms with Crippen LogP contribution in [0.15, 0.2) is 24.3 Å². The van der Waals surface area contributed by atoms with E-state index < -0.39 is 5.97 Å². The van der Waals surface area contributed by atoms with E-state index in [1.165, 1.54) is 12.1 Å². The Hall–Kier alpha value is 1.13. The summed E-state index contributed by atoms with van der Waals surface area (Å²) in [4.78, 5) is 10.3. The van der Waals surface area contributed by atoms with Crippen LogP contribution in [0.4, 0.5) is 0 Å². The van der Waals surface area contributed by atoms with Crippen molar-refractivity contribution in [3.05, 3.63) is 29.8 Å². The molecule has 54 valence electrons. The van der Waals surface area contributed by atoms with Crippen LogP contribution < -0.4 is 0 Å². The van der Waals surface area contributed by atoms with Crippen LogP contribution in [-0.4, -0.2) is 97.1 Å². The third kappa shape index (κ3) is 4.39. The van der Waals surface area contributed by atoms with E-state index >= 15 is 0 Å². The number of benzene rings is 1. The van der Waals surface area contributed by atoms with E-state index in [-0.39, 0.29) is 92.3 Å². The van der Waals surface area contributed by atoms with Crippen LogP contribution in [0.2, 0.25) is 0 Å². The first-order valence-corrected chi connectivity index (χ1v) is 2.73. The summed E-state index contributed by atoms with van der Waals surface area (Å²) in [6.45, 7) is 0. The quantitative estimate of drug-likeness (QED) is 0.642. The molecular formula is C7H6KNaO3. The Morgan fingerprint density at radius 1 is 1.25 bits per heavy atom. The fourth-order valence-electron chi connectivity index (χ4n) is 0.654. The fourth-order valence-corrected chi connectivity index (χ4v) is 0.654. The van der Waals surface area contributed by atoms with Crippen LogP contribution in [0.5, 0.6) is 5.75 Å². The van der Waals surface area contributed by atoms with Gasteiger partial charge in [0, 0.05) is 80.9 Å². The number of carboxylic acid groups (broad SMARTS) is 1. The molecule has 1 aromatic rings. The molecule has 0 aliphatic rings. The van der Waals surface area contributed by atoms with E-state index in [4.69, 9.17) is 10.2 Å². The molecule has 0 heterocycles. The number of para-hydroxylation sites is 1. The van der Waals surface area contributed by atoms with Crippen molar-refractivity contribution in [3.8, 4) is 5.75 Å². The van der Waals surface area contributed by atoms with Gasteiger partial charge in [0.25, 0.3) is 0 Å². The number of aromatic hydroxyl groups is 1. The van der Waals surface area contributed by atoms with Gasteiger partial charge in [-0.05, 0) is 12.1 Å². The largest absolute Gasteiger partial charge is 0.507 e. The summed E-state index contributed by atoms with van der Waals surface area (Å²) >= 11 is 0. The minimum absolute atomic E-state index is 0. The average molecular weight is 200 g/mol. The summed E-state index contributed by atoms with van der Waals surface area (Å²) in [5.41, 5.74) is -0.0671. The Kier molecular flexibility index (Phi) is 9.77. The van der Waals surface area contributed by atoms with Crippen molar-refractivity contribution < 1.29 is 15.0 Å². The van der Waals surface area contributed by atoms with Gasteiger partial charge in [0.05, 0.1) is 0 Å². The Bertz CT molecular complexity index is 265. The molecule has 0 spiro atoms. The van der Waals surface area contributed by atoms with E-state index in [0.29, 0.717) is 0 Å². The minimum Gasteiger partial charge on any atom is -0.507 e. The molecular weight excluding hydrogens is 194 g/mol. The van der Waals surface area contributed by atoms with E-state index in [0.717, 1.165) is 0 Å². The van der Waals surface area contributed by atoms with Crippen LogP contribution >= 0.6 is 0 Å². The third-order valence-corrected chi connectivity index (χ3v) is 1.13. The summed E-state index contributed by atoms with van der Waals surface area (Å²) in [5.74, 6) is -1.31. The summed E-state index contributed by atoms with van der Waals surface area (Å²) in [6, 6.07) is 5.81. The Balaban J connectivity index is 0. The second-order valence-electron chi connectivity index (χ2n) is 1.82. The topological polar surface area (TPSA) is 57.5 Å². The van der Waals surface area contributed by atoms with Gasteiger partial charge in [-0.3, -0.25) is 0 Å². The zero-order valence-corrected chi connectivity index (χ0v) is 12.2. The van der Waals surface area contributed by atoms with Gasteiger partial charge in [-0.15, -0.1) is 0 Å². The fraction of sp³-hybridized carbons (Fsp3) is 0. The summed E-state index contributed by atoms with van der Waals surface area (Å²) in [6.07, 6.45) is 0. The summed E-state index contributed by atoms with van der Waals surface area (Å²) in [7, 11) is 0. The molecule has 1 rings (SSSR count). The molecule has 0 unspecified atom stereocenters. The van der Waals surface area contributed by atoms with Gasteiger partial charge in [0.2, 0.25) is 0 Å². The number of carboxylic acids is 1. The first kappa shape index (κ1) is 15.6. The molecule has 0 saturated carbocycles. The Labute approximate surface area is 135 Å². The molecule has 2 radical (unpaired) electrons. The van der Waals surface area contributed by atoms with Crippen molar-refractivity contribution in [2.75, 3.05) is 0 Å². The zero-order chi connectivity index (χ0) is 7.56. The van der Waals surface area contributed by atoms with Crippen molar-refractivity contribution >= 4 is 86.9 Å². The van der Waals surface area contributed by atoms with Gasteiger partial charge in [0.1, 0.15) is 11.3 Å². The van der Waals surface area contributed by atoms with Crippen LogP contribution in [0.1, 0.15) is 10.4 Å². The molecule has 5 heteroatoms. The van der Waals surface area contributed by atoms with Crippen LogP contribution in [0.3, 0.4) is 0 Å². The summed E-state index contributed by atoms with van der Waals surface area (Å²) in [5, 5.41) is 17.3. The molecule has 2 N–H and O–H groups in total. The maximum atomic E-state index is 10.3. The smallest absolute Gasteiger partial charge is 0.339 e. The first-order valence-electron chi connectivity index (χ1n) is 2.73. The maximum absolute atomic E-state index is 10.3. The van der Waals surface area contributed by atoms with Gasteiger partial charge in [0.15, 0.2) is 0 Å². The van der Waals surface area contributed by atoms with Gasteiger partial charge < -0.3 is 10.2 Å². The number of rotatable bonds is 1. The van der Waals surface area contributed by atoms with Crippen LogP contribution in [0, 0.1) is 0 Å². The van der Waals surface area contributed by atoms with E-state index in [2.05, 4.69) is 0 Å². The van der Waals surface area contributed by atoms with Gasteiger partial charge in [-0.2, -0.15) is 0 Å². The second-order valence-corrected chi connectivity index (χ2v) is 1.82. The molecule has 0 aliphatic carbocycles. The number of aromatic carboxylic acids is 1. The maximum Gasteiger partial charge on any atom is 0.339 e. The van der Waals surface area contributed by atoms with Crippen molar-refractivity contribution in [2.24, 2.45) is 0 Å². The Morgan fingerprint density at radius 2 is 1.75 bits per heavy atom. The van der Waals surface area contributed by atoms with Gasteiger partial charge >= 0.3 is 5.97 Å². The second kappa shape index (κ2) is 7.52. The number of hydrogen-bond acceptors (Lipinski definition) is 2. The van der Waals surface area contributed by atoms with Crippen LogP contribution in [-0.2, 0) is 0 Å². The first-order chi connectivity index (χ1) is 4.72. The van der Waals surface area contributed by atoms with Crippen molar-refractivity contribution in [2.45, 2.75) is 0 Å². The standard InChI is InChI=1S/C7H6O3.K.Na/c8-6-4-2-1-3-5(6)7(9)10;;/h1-4,8H,(H,9,10);;. The number of phenols is 1. The Morgan fingerprint density at radius 3 is 2.08 bits per heavy atom. The van der Waals surface area contributed by atoms with E-state index in [1.807, 2.05) is 0 Å². The molecule has 0 amide bonds. The van der Waals surface area contributed by atoms with Gasteiger partial charge in [-0.1, -0.05) is 12.1 Å². The predicted octanol–water partition coefficient (Wildman–Crippen LogP) is 0.329. The van der Waals surface area contributed by atoms with Crippen molar-refractivity contribution in [3.63, 3.8) is 0 Å². The van der Waals surface area contributed by atoms with Crippen LogP contribution in [0.25, 0.3) is 0 Å². The monoisotopic (exact) mass is 200 g/mol. The zero-order valence-electron chi connectivity index (χ0n) is 7.11. The molecule has 0 aliphatic heterocycles. The molecule has 1 aromatic carbocycles. The number of carbonyl (C=O) groups is 1. The molecule has 0 aromatic heterocycles. The SMILES string of the molecule is O=C(O)c1ccccc1O.[K].[Na]. The van der Waals surface area contributed by atoms with Gasteiger partial charge in [-0.25, -0.2) is 4.79 Å². The molecule has 0 bridgehead atoms. The van der Waals surface area contributed by atoms with Crippen molar-refractivity contribution in [1.29, 1.82) is 0 Å². The summed E-state index contributed by atoms with van der Waals surface area (Å²) < 4.78 is 0. The van der Waals surface area contributed by atoms with E-state index in [9.17, 15) is 4.79 Å². The molecule has 3 nitrogen and oxygen atoms in total. The molecule has 0 atom stereocenters. The average Bonchev–Trinajstić information content (AvgIpc) is 1.88. The predicted molar refractivity (Wildman–Crippen MR) is 46.6 cm³/mol. The molecule has 0 saturated heterocycles. The third-order valence-electron chi connectivity index (χ3n) is 1.13. The number of hydrogen-bond donors (Lipinski definition) is 2. The minimum atomic E-state index is -1.11. The molecule has 12 heavy (non-hydrogen) atoms.